The zero-order chi connectivity index (χ0) is 20.9. The van der Waals surface area contributed by atoms with Crippen molar-refractivity contribution in [1.29, 1.82) is 0 Å². The number of amides is 1. The number of piperazine rings is 1. The van der Waals surface area contributed by atoms with Crippen LogP contribution in [0.2, 0.25) is 0 Å². The minimum atomic E-state index is -0.490. The SMILES string of the molecule is CCN1CCN(CCCNC(=O)COc2ccc3c(c2)C(=O)CC(C)(C)O3)CC1. The minimum absolute atomic E-state index is 0.0333. The van der Waals surface area contributed by atoms with Crippen LogP contribution in [0, 0.1) is 0 Å². The van der Waals surface area contributed by atoms with E-state index in [1.165, 1.54) is 0 Å². The number of hydrogen-bond acceptors (Lipinski definition) is 6. The van der Waals surface area contributed by atoms with Crippen molar-refractivity contribution in [3.8, 4) is 11.5 Å². The Bertz CT molecular complexity index is 727. The molecule has 0 unspecified atom stereocenters. The van der Waals surface area contributed by atoms with Gasteiger partial charge in [0.05, 0.1) is 12.0 Å². The van der Waals surface area contributed by atoms with E-state index < -0.39 is 5.60 Å². The van der Waals surface area contributed by atoms with Gasteiger partial charge in [0.2, 0.25) is 0 Å². The molecule has 1 saturated heterocycles. The number of fused-ring (bicyclic) bond motifs is 1. The third-order valence-corrected chi connectivity index (χ3v) is 5.48. The molecule has 7 nitrogen and oxygen atoms in total. The highest BCUT2D eigenvalue weighted by Gasteiger charge is 2.32. The summed E-state index contributed by atoms with van der Waals surface area (Å²) in [6.45, 7) is 13.1. The fraction of sp³-hybridized carbons (Fsp3) is 0.636. The lowest BCUT2D eigenvalue weighted by atomic mass is 9.93. The average molecular weight is 404 g/mol. The molecule has 0 bridgehead atoms. The maximum Gasteiger partial charge on any atom is 0.257 e. The molecule has 0 aliphatic carbocycles. The number of ether oxygens (including phenoxy) is 2. The monoisotopic (exact) mass is 403 g/mol. The Labute approximate surface area is 173 Å². The second-order valence-corrected chi connectivity index (χ2v) is 8.39. The third-order valence-electron chi connectivity index (χ3n) is 5.48. The number of likely N-dealkylation sites (N-methyl/N-ethyl adjacent to an activating group) is 1. The van der Waals surface area contributed by atoms with E-state index >= 15 is 0 Å². The number of hydrogen-bond donors (Lipinski definition) is 1. The number of nitrogens with one attached hydrogen (secondary N) is 1. The van der Waals surface area contributed by atoms with Crippen molar-refractivity contribution >= 4 is 11.7 Å². The van der Waals surface area contributed by atoms with Crippen LogP contribution in [0.25, 0.3) is 0 Å². The molecule has 1 fully saturated rings. The van der Waals surface area contributed by atoms with Crippen molar-refractivity contribution in [2.45, 2.75) is 39.2 Å². The highest BCUT2D eigenvalue weighted by molar-refractivity contribution is 6.00. The van der Waals surface area contributed by atoms with Gasteiger partial charge in [0.25, 0.3) is 5.91 Å². The fourth-order valence-corrected chi connectivity index (χ4v) is 3.78. The van der Waals surface area contributed by atoms with Gasteiger partial charge in [-0.25, -0.2) is 0 Å². The highest BCUT2D eigenvalue weighted by atomic mass is 16.5. The number of Topliss-reactive ketones (excluding diaryl/α,β-unsaturated/α-hetero) is 1. The van der Waals surface area contributed by atoms with E-state index in [2.05, 4.69) is 22.0 Å². The van der Waals surface area contributed by atoms with Gasteiger partial charge < -0.3 is 24.6 Å². The predicted molar refractivity (Wildman–Crippen MR) is 112 cm³/mol. The lowest BCUT2D eigenvalue weighted by Gasteiger charge is -2.33. The van der Waals surface area contributed by atoms with Crippen LogP contribution in [0.4, 0.5) is 0 Å². The standard InChI is InChI=1S/C22H33N3O4/c1-4-24-10-12-25(13-11-24)9-5-8-23-21(27)16-28-17-6-7-20-18(14-17)19(26)15-22(2,3)29-20/h6-7,14H,4-5,8-13,15-16H2,1-3H3,(H,23,27). The van der Waals surface area contributed by atoms with Crippen LogP contribution in [-0.4, -0.2) is 79.5 Å². The van der Waals surface area contributed by atoms with Crippen molar-refractivity contribution in [1.82, 2.24) is 15.1 Å². The highest BCUT2D eigenvalue weighted by Crippen LogP contribution is 2.35. The molecule has 0 aromatic heterocycles. The van der Waals surface area contributed by atoms with Gasteiger partial charge in [0, 0.05) is 32.7 Å². The molecule has 1 amide bonds. The summed E-state index contributed by atoms with van der Waals surface area (Å²) in [5.74, 6) is 0.959. The number of ketones is 1. The summed E-state index contributed by atoms with van der Waals surface area (Å²) in [5, 5.41) is 2.90. The van der Waals surface area contributed by atoms with Crippen LogP contribution < -0.4 is 14.8 Å². The lowest BCUT2D eigenvalue weighted by molar-refractivity contribution is -0.123. The maximum absolute atomic E-state index is 12.3. The molecule has 0 atom stereocenters. The van der Waals surface area contributed by atoms with Gasteiger partial charge in [0.1, 0.15) is 17.1 Å². The summed E-state index contributed by atoms with van der Waals surface area (Å²) in [4.78, 5) is 29.3. The van der Waals surface area contributed by atoms with Crippen LogP contribution in [-0.2, 0) is 4.79 Å². The van der Waals surface area contributed by atoms with Crippen LogP contribution in [0.1, 0.15) is 44.0 Å². The molecule has 0 spiro atoms. The Morgan fingerprint density at radius 2 is 1.93 bits per heavy atom. The summed E-state index contributed by atoms with van der Waals surface area (Å²) >= 11 is 0. The second kappa shape index (κ2) is 9.59. The van der Waals surface area contributed by atoms with E-state index in [1.54, 1.807) is 18.2 Å². The molecule has 3 rings (SSSR count). The Balaban J connectivity index is 1.36. The number of carbonyl (C=O) groups excluding carboxylic acids is 2. The quantitative estimate of drug-likeness (QED) is 0.669. The van der Waals surface area contributed by atoms with Crippen molar-refractivity contribution < 1.29 is 19.1 Å². The lowest BCUT2D eigenvalue weighted by Crippen LogP contribution is -2.46. The number of rotatable bonds is 8. The van der Waals surface area contributed by atoms with Gasteiger partial charge >= 0.3 is 0 Å². The molecule has 2 heterocycles. The van der Waals surface area contributed by atoms with Crippen molar-refractivity contribution in [2.75, 3.05) is 52.4 Å². The van der Waals surface area contributed by atoms with Gasteiger partial charge in [-0.3, -0.25) is 9.59 Å². The van der Waals surface area contributed by atoms with Crippen molar-refractivity contribution in [3.05, 3.63) is 23.8 Å². The molecule has 2 aliphatic rings. The molecule has 1 aromatic carbocycles. The minimum Gasteiger partial charge on any atom is -0.487 e. The fourth-order valence-electron chi connectivity index (χ4n) is 3.78. The molecule has 160 valence electrons. The van der Waals surface area contributed by atoms with E-state index in [9.17, 15) is 9.59 Å². The normalized spacial score (nSPS) is 19.3. The van der Waals surface area contributed by atoms with E-state index in [0.29, 0.717) is 30.0 Å². The first-order chi connectivity index (χ1) is 13.9. The summed E-state index contributed by atoms with van der Waals surface area (Å²) in [6, 6.07) is 5.13. The molecule has 0 saturated carbocycles. The van der Waals surface area contributed by atoms with Crippen LogP contribution in [0.15, 0.2) is 18.2 Å². The maximum atomic E-state index is 12.3. The van der Waals surface area contributed by atoms with Gasteiger partial charge in [0.15, 0.2) is 12.4 Å². The number of nitrogens with zero attached hydrogens (tertiary/aromatic N) is 2. The van der Waals surface area contributed by atoms with Crippen LogP contribution in [0.3, 0.4) is 0 Å². The summed E-state index contributed by atoms with van der Waals surface area (Å²) < 4.78 is 11.4. The molecule has 29 heavy (non-hydrogen) atoms. The Morgan fingerprint density at radius 1 is 1.21 bits per heavy atom. The van der Waals surface area contributed by atoms with Gasteiger partial charge in [-0.1, -0.05) is 6.92 Å². The first-order valence-corrected chi connectivity index (χ1v) is 10.6. The predicted octanol–water partition coefficient (Wildman–Crippen LogP) is 1.95. The molecule has 0 radical (unpaired) electrons. The smallest absolute Gasteiger partial charge is 0.257 e. The van der Waals surface area contributed by atoms with E-state index in [-0.39, 0.29) is 18.3 Å². The largest absolute Gasteiger partial charge is 0.487 e. The average Bonchev–Trinajstić information content (AvgIpc) is 2.69. The van der Waals surface area contributed by atoms with E-state index in [1.807, 2.05) is 13.8 Å². The number of carbonyl (C=O) groups is 2. The first-order valence-electron chi connectivity index (χ1n) is 10.6. The molecular formula is C22H33N3O4. The molecule has 1 aromatic rings. The zero-order valence-corrected chi connectivity index (χ0v) is 17.8. The topological polar surface area (TPSA) is 71.1 Å². The van der Waals surface area contributed by atoms with Crippen molar-refractivity contribution in [3.63, 3.8) is 0 Å². The summed E-state index contributed by atoms with van der Waals surface area (Å²) in [7, 11) is 0. The van der Waals surface area contributed by atoms with E-state index in [0.717, 1.165) is 45.7 Å². The van der Waals surface area contributed by atoms with Gasteiger partial charge in [-0.05, 0) is 51.6 Å². The Hall–Kier alpha value is -2.12. The summed E-state index contributed by atoms with van der Waals surface area (Å²) in [5.41, 5.74) is 0.0287. The van der Waals surface area contributed by atoms with Gasteiger partial charge in [-0.15, -0.1) is 0 Å². The first kappa shape index (κ1) is 21.6. The molecule has 7 heteroatoms. The van der Waals surface area contributed by atoms with Crippen LogP contribution in [0.5, 0.6) is 11.5 Å². The van der Waals surface area contributed by atoms with Crippen LogP contribution >= 0.6 is 0 Å². The Kier molecular flexibility index (Phi) is 7.14. The third kappa shape index (κ3) is 6.18. The molecule has 2 aliphatic heterocycles. The number of benzene rings is 1. The van der Waals surface area contributed by atoms with E-state index in [4.69, 9.17) is 9.47 Å². The summed E-state index contributed by atoms with van der Waals surface area (Å²) in [6.07, 6.45) is 1.26. The zero-order valence-electron chi connectivity index (χ0n) is 17.8. The van der Waals surface area contributed by atoms with Gasteiger partial charge in [-0.2, -0.15) is 0 Å². The second-order valence-electron chi connectivity index (χ2n) is 8.39. The van der Waals surface area contributed by atoms with Crippen molar-refractivity contribution in [2.24, 2.45) is 0 Å². The molecular weight excluding hydrogens is 370 g/mol. The Morgan fingerprint density at radius 3 is 2.66 bits per heavy atom. The molecule has 1 N–H and O–H groups in total.